The third-order valence-corrected chi connectivity index (χ3v) is 4.20. The monoisotopic (exact) mass is 390 g/mol. The number of carbonyl (C=O) groups is 1. The lowest BCUT2D eigenvalue weighted by Gasteiger charge is -2.26. The molecule has 24 heavy (non-hydrogen) atoms. The molecule has 1 heterocycles. The molecule has 2 N–H and O–H groups in total. The predicted octanol–water partition coefficient (Wildman–Crippen LogP) is 3.13. The molecule has 3 rings (SSSR count). The lowest BCUT2D eigenvalue weighted by molar-refractivity contribution is 0.0918. The maximum absolute atomic E-state index is 11.8. The minimum absolute atomic E-state index is 0.183. The van der Waals surface area contributed by atoms with Crippen LogP contribution in [0.25, 0.3) is 0 Å². The quantitative estimate of drug-likeness (QED) is 0.824. The molecule has 0 aromatic heterocycles. The zero-order valence-electron chi connectivity index (χ0n) is 13.1. The molecule has 0 fully saturated rings. The summed E-state index contributed by atoms with van der Waals surface area (Å²) in [6.07, 6.45) is 0.606. The first kappa shape index (κ1) is 16.6. The Hall–Kier alpha value is -2.21. The normalized spacial score (nSPS) is 15.6. The molecular formula is C18H19BrN2O3. The third kappa shape index (κ3) is 4.64. The molecule has 1 aliphatic rings. The highest BCUT2D eigenvalue weighted by Crippen LogP contribution is 2.30. The van der Waals surface area contributed by atoms with Crippen LogP contribution in [-0.2, 0) is 6.42 Å². The largest absolute Gasteiger partial charge is 0.486 e. The van der Waals surface area contributed by atoms with Crippen molar-refractivity contribution in [2.75, 3.05) is 19.7 Å². The minimum atomic E-state index is -0.199. The van der Waals surface area contributed by atoms with Crippen molar-refractivity contribution in [2.45, 2.75) is 12.5 Å². The van der Waals surface area contributed by atoms with Gasteiger partial charge in [-0.15, -0.1) is 0 Å². The van der Waals surface area contributed by atoms with Gasteiger partial charge in [0.05, 0.1) is 6.54 Å². The molecule has 1 aliphatic heterocycles. The van der Waals surface area contributed by atoms with Gasteiger partial charge < -0.3 is 20.1 Å². The first-order chi connectivity index (χ1) is 11.7. The van der Waals surface area contributed by atoms with Gasteiger partial charge in [-0.3, -0.25) is 0 Å². The molecule has 126 valence electrons. The van der Waals surface area contributed by atoms with Gasteiger partial charge in [-0.1, -0.05) is 40.2 Å². The molecule has 0 saturated heterocycles. The summed E-state index contributed by atoms with van der Waals surface area (Å²) in [5.41, 5.74) is 1.18. The lowest BCUT2D eigenvalue weighted by Crippen LogP contribution is -2.44. The Morgan fingerprint density at radius 3 is 2.62 bits per heavy atom. The van der Waals surface area contributed by atoms with Crippen LogP contribution in [0.3, 0.4) is 0 Å². The SMILES string of the molecule is O=C(NCCc1ccc(Br)cc1)NCC1COc2ccccc2O1. The Balaban J connectivity index is 1.36. The van der Waals surface area contributed by atoms with Crippen LogP contribution in [0.5, 0.6) is 11.5 Å². The first-order valence-corrected chi connectivity index (χ1v) is 8.64. The van der Waals surface area contributed by atoms with Gasteiger partial charge in [-0.25, -0.2) is 4.79 Å². The Bertz CT molecular complexity index is 691. The van der Waals surface area contributed by atoms with Crippen LogP contribution in [0.4, 0.5) is 4.79 Å². The van der Waals surface area contributed by atoms with E-state index < -0.39 is 0 Å². The van der Waals surface area contributed by atoms with E-state index in [0.717, 1.165) is 16.6 Å². The number of urea groups is 1. The topological polar surface area (TPSA) is 59.6 Å². The van der Waals surface area contributed by atoms with Gasteiger partial charge in [0.1, 0.15) is 6.61 Å². The summed E-state index contributed by atoms with van der Waals surface area (Å²) in [5, 5.41) is 5.66. The van der Waals surface area contributed by atoms with Crippen LogP contribution in [0.2, 0.25) is 0 Å². The number of carbonyl (C=O) groups excluding carboxylic acids is 1. The van der Waals surface area contributed by atoms with E-state index in [-0.39, 0.29) is 12.1 Å². The zero-order chi connectivity index (χ0) is 16.8. The van der Waals surface area contributed by atoms with Gasteiger partial charge in [0.2, 0.25) is 0 Å². The first-order valence-electron chi connectivity index (χ1n) is 7.85. The van der Waals surface area contributed by atoms with Crippen molar-refractivity contribution in [2.24, 2.45) is 0 Å². The van der Waals surface area contributed by atoms with Crippen LogP contribution in [0, 0.1) is 0 Å². The summed E-state index contributed by atoms with van der Waals surface area (Å²) in [6.45, 7) is 1.41. The fraction of sp³-hybridized carbons (Fsp3) is 0.278. The number of halogens is 1. The van der Waals surface area contributed by atoms with Crippen molar-refractivity contribution < 1.29 is 14.3 Å². The van der Waals surface area contributed by atoms with Gasteiger partial charge in [0, 0.05) is 11.0 Å². The highest BCUT2D eigenvalue weighted by atomic mass is 79.9. The molecule has 2 aromatic rings. The number of rotatable bonds is 5. The number of benzene rings is 2. The van der Waals surface area contributed by atoms with E-state index in [1.165, 1.54) is 5.56 Å². The maximum atomic E-state index is 11.8. The molecule has 0 saturated carbocycles. The average Bonchev–Trinajstić information content (AvgIpc) is 2.61. The van der Waals surface area contributed by atoms with Crippen molar-refractivity contribution >= 4 is 22.0 Å². The van der Waals surface area contributed by atoms with Crippen LogP contribution < -0.4 is 20.1 Å². The number of fused-ring (bicyclic) bond motifs is 1. The second-order valence-electron chi connectivity index (χ2n) is 5.51. The second kappa shape index (κ2) is 8.06. The molecule has 0 aliphatic carbocycles. The van der Waals surface area contributed by atoms with Crippen LogP contribution in [-0.4, -0.2) is 31.8 Å². The van der Waals surface area contributed by atoms with Crippen molar-refractivity contribution in [3.8, 4) is 11.5 Å². The summed E-state index contributed by atoms with van der Waals surface area (Å²) in [5.74, 6) is 1.46. The number of ether oxygens (including phenoxy) is 2. The van der Waals surface area contributed by atoms with Crippen LogP contribution in [0.1, 0.15) is 5.56 Å². The molecule has 1 atom stereocenters. The van der Waals surface area contributed by atoms with E-state index in [9.17, 15) is 4.79 Å². The van der Waals surface area contributed by atoms with E-state index in [0.29, 0.717) is 25.4 Å². The fourth-order valence-corrected chi connectivity index (χ4v) is 2.67. The number of hydrogen-bond acceptors (Lipinski definition) is 3. The number of amides is 2. The van der Waals surface area contributed by atoms with Crippen LogP contribution in [0.15, 0.2) is 53.0 Å². The van der Waals surface area contributed by atoms with Gasteiger partial charge >= 0.3 is 6.03 Å². The maximum Gasteiger partial charge on any atom is 0.314 e. The third-order valence-electron chi connectivity index (χ3n) is 3.67. The molecular weight excluding hydrogens is 372 g/mol. The molecule has 2 aromatic carbocycles. The van der Waals surface area contributed by atoms with Gasteiger partial charge in [-0.2, -0.15) is 0 Å². The molecule has 1 unspecified atom stereocenters. The van der Waals surface area contributed by atoms with Gasteiger partial charge in [-0.05, 0) is 36.2 Å². The highest BCUT2D eigenvalue weighted by Gasteiger charge is 2.20. The number of para-hydroxylation sites is 2. The van der Waals surface area contributed by atoms with Crippen molar-refractivity contribution in [3.63, 3.8) is 0 Å². The standard InChI is InChI=1S/C18H19BrN2O3/c19-14-7-5-13(6-8-14)9-10-20-18(22)21-11-15-12-23-16-3-1-2-4-17(16)24-15/h1-8,15H,9-12H2,(H2,20,21,22). The summed E-state index contributed by atoms with van der Waals surface area (Å²) < 4.78 is 12.5. The molecule has 0 radical (unpaired) electrons. The zero-order valence-corrected chi connectivity index (χ0v) is 14.7. The Morgan fingerprint density at radius 1 is 1.08 bits per heavy atom. The van der Waals surface area contributed by atoms with Gasteiger partial charge in [0.25, 0.3) is 0 Å². The Morgan fingerprint density at radius 2 is 1.83 bits per heavy atom. The van der Waals surface area contributed by atoms with Gasteiger partial charge in [0.15, 0.2) is 17.6 Å². The summed E-state index contributed by atoms with van der Waals surface area (Å²) in [7, 11) is 0. The lowest BCUT2D eigenvalue weighted by atomic mass is 10.1. The minimum Gasteiger partial charge on any atom is -0.486 e. The van der Waals surface area contributed by atoms with Crippen molar-refractivity contribution in [3.05, 3.63) is 58.6 Å². The van der Waals surface area contributed by atoms with E-state index in [2.05, 4.69) is 26.6 Å². The van der Waals surface area contributed by atoms with E-state index in [1.807, 2.05) is 48.5 Å². The molecule has 5 nitrogen and oxygen atoms in total. The summed E-state index contributed by atoms with van der Waals surface area (Å²) in [6, 6.07) is 15.4. The Kier molecular flexibility index (Phi) is 5.59. The fourth-order valence-electron chi connectivity index (χ4n) is 2.40. The smallest absolute Gasteiger partial charge is 0.314 e. The summed E-state index contributed by atoms with van der Waals surface area (Å²) in [4.78, 5) is 11.8. The Labute approximate surface area is 149 Å². The van der Waals surface area contributed by atoms with Crippen LogP contribution >= 0.6 is 15.9 Å². The second-order valence-corrected chi connectivity index (χ2v) is 6.43. The molecule has 2 amide bonds. The number of hydrogen-bond donors (Lipinski definition) is 2. The van der Waals surface area contributed by atoms with E-state index in [1.54, 1.807) is 0 Å². The molecule has 6 heteroatoms. The predicted molar refractivity (Wildman–Crippen MR) is 95.6 cm³/mol. The van der Waals surface area contributed by atoms with E-state index >= 15 is 0 Å². The van der Waals surface area contributed by atoms with E-state index in [4.69, 9.17) is 9.47 Å². The molecule has 0 spiro atoms. The van der Waals surface area contributed by atoms with Crippen molar-refractivity contribution in [1.82, 2.24) is 10.6 Å². The number of nitrogens with one attached hydrogen (secondary N) is 2. The average molecular weight is 391 g/mol. The molecule has 0 bridgehead atoms. The highest BCUT2D eigenvalue weighted by molar-refractivity contribution is 9.10. The summed E-state index contributed by atoms with van der Waals surface area (Å²) >= 11 is 3.40. The van der Waals surface area contributed by atoms with Crippen molar-refractivity contribution in [1.29, 1.82) is 0 Å².